The Labute approximate surface area is 239 Å². The summed E-state index contributed by atoms with van der Waals surface area (Å²) in [7, 11) is 0. The molecule has 2 amide bonds. The molecule has 0 bridgehead atoms. The van der Waals surface area contributed by atoms with Crippen molar-refractivity contribution < 1.29 is 42.1 Å². The monoisotopic (exact) mass is 584 g/mol. The van der Waals surface area contributed by atoms with Crippen LogP contribution in [0.1, 0.15) is 33.0 Å². The summed E-state index contributed by atoms with van der Waals surface area (Å²) in [6, 6.07) is 15.3. The zero-order valence-corrected chi connectivity index (χ0v) is 22.2. The molecule has 1 aliphatic carbocycles. The van der Waals surface area contributed by atoms with Crippen molar-refractivity contribution in [3.8, 4) is 5.75 Å². The van der Waals surface area contributed by atoms with Crippen LogP contribution >= 0.6 is 0 Å². The lowest BCUT2D eigenvalue weighted by Gasteiger charge is -2.41. The van der Waals surface area contributed by atoms with Gasteiger partial charge < -0.3 is 25.2 Å². The molecule has 4 atom stereocenters. The molecule has 1 aliphatic heterocycles. The highest BCUT2D eigenvalue weighted by atomic mass is 19.4. The molecule has 5 rings (SSSR count). The minimum atomic E-state index is -4.60. The van der Waals surface area contributed by atoms with Crippen LogP contribution in [0.3, 0.4) is 0 Å². The first kappa shape index (κ1) is 29.3. The Morgan fingerprint density at radius 3 is 2.43 bits per heavy atom. The summed E-state index contributed by atoms with van der Waals surface area (Å²) in [6.07, 6.45) is -5.26. The smallest absolute Gasteiger partial charge is 0.416 e. The van der Waals surface area contributed by atoms with E-state index in [4.69, 9.17) is 4.74 Å². The molecule has 0 spiro atoms. The van der Waals surface area contributed by atoms with Gasteiger partial charge in [0.25, 0.3) is 5.91 Å². The van der Waals surface area contributed by atoms with Crippen molar-refractivity contribution >= 4 is 11.8 Å². The number of hydrogen-bond donors (Lipinski definition) is 3. The number of para-hydroxylation sites is 1. The van der Waals surface area contributed by atoms with Gasteiger partial charge in [0.05, 0.1) is 24.1 Å². The number of benzene rings is 3. The number of rotatable bonds is 8. The average molecular weight is 585 g/mol. The number of nitrogens with one attached hydrogen (secondary N) is 1. The van der Waals surface area contributed by atoms with Crippen LogP contribution in [0.25, 0.3) is 0 Å². The molecule has 2 aliphatic rings. The zero-order chi connectivity index (χ0) is 30.0. The maximum atomic E-state index is 13.9. The van der Waals surface area contributed by atoms with Gasteiger partial charge in [-0.25, -0.2) is 4.39 Å². The Morgan fingerprint density at radius 1 is 1.00 bits per heavy atom. The highest BCUT2D eigenvalue weighted by Gasteiger charge is 2.50. The van der Waals surface area contributed by atoms with Gasteiger partial charge in [-0.3, -0.25) is 9.59 Å². The minimum absolute atomic E-state index is 0.0307. The number of carbonyl (C=O) groups excluding carboxylic acids is 2. The predicted octanol–water partition coefficient (Wildman–Crippen LogP) is 3.85. The minimum Gasteiger partial charge on any atom is -0.486 e. The van der Waals surface area contributed by atoms with Crippen molar-refractivity contribution in [3.05, 3.63) is 113 Å². The van der Waals surface area contributed by atoms with Gasteiger partial charge in [0.15, 0.2) is 0 Å². The summed E-state index contributed by atoms with van der Waals surface area (Å²) >= 11 is 0. The molecule has 0 saturated carbocycles. The number of hydrogen-bond acceptors (Lipinski definition) is 5. The molecule has 220 valence electrons. The Kier molecular flexibility index (Phi) is 8.33. The SMILES string of the molecule is O=C(NCCO)C1=C[C@@H](N(CCc2cccc(F)c2)C(=O)c2ccc(C(F)(F)F)cc2)[C@H](O)[C@H]2Oc3ccccc3[C@@H]12. The molecule has 0 aromatic heterocycles. The van der Waals surface area contributed by atoms with Crippen LogP contribution < -0.4 is 10.1 Å². The van der Waals surface area contributed by atoms with Gasteiger partial charge in [0.2, 0.25) is 5.91 Å². The molecule has 0 unspecified atom stereocenters. The number of aliphatic hydroxyl groups excluding tert-OH is 2. The molecule has 3 aromatic rings. The number of nitrogens with zero attached hydrogens (tertiary/aromatic N) is 1. The molecule has 0 saturated heterocycles. The van der Waals surface area contributed by atoms with Gasteiger partial charge in [-0.2, -0.15) is 13.2 Å². The normalized spacial score (nSPS) is 21.0. The van der Waals surface area contributed by atoms with Crippen LogP contribution in [0.5, 0.6) is 5.75 Å². The molecular weight excluding hydrogens is 556 g/mol. The van der Waals surface area contributed by atoms with Crippen LogP contribution in [-0.2, 0) is 17.4 Å². The first-order valence-corrected chi connectivity index (χ1v) is 13.4. The average Bonchev–Trinajstić information content (AvgIpc) is 3.37. The van der Waals surface area contributed by atoms with Crippen LogP contribution in [0, 0.1) is 5.82 Å². The summed E-state index contributed by atoms with van der Waals surface area (Å²) in [4.78, 5) is 28.4. The van der Waals surface area contributed by atoms with Crippen molar-refractivity contribution in [2.45, 2.75) is 36.8 Å². The number of halogens is 4. The fourth-order valence-corrected chi connectivity index (χ4v) is 5.49. The summed E-state index contributed by atoms with van der Waals surface area (Å²) < 4.78 is 59.5. The van der Waals surface area contributed by atoms with Gasteiger partial charge in [-0.1, -0.05) is 30.3 Å². The molecule has 7 nitrogen and oxygen atoms in total. The van der Waals surface area contributed by atoms with E-state index in [-0.39, 0.29) is 37.3 Å². The third kappa shape index (κ3) is 5.88. The van der Waals surface area contributed by atoms with Gasteiger partial charge in [0.1, 0.15) is 23.8 Å². The van der Waals surface area contributed by atoms with E-state index in [1.54, 1.807) is 30.3 Å². The molecule has 3 aromatic carbocycles. The van der Waals surface area contributed by atoms with Gasteiger partial charge >= 0.3 is 6.18 Å². The van der Waals surface area contributed by atoms with Crippen molar-refractivity contribution in [1.29, 1.82) is 0 Å². The number of alkyl halides is 3. The molecule has 0 radical (unpaired) electrons. The highest BCUT2D eigenvalue weighted by molar-refractivity contribution is 5.97. The first-order chi connectivity index (χ1) is 20.1. The summed E-state index contributed by atoms with van der Waals surface area (Å²) in [6.45, 7) is -0.396. The van der Waals surface area contributed by atoms with Crippen LogP contribution in [-0.4, -0.2) is 64.9 Å². The molecule has 42 heavy (non-hydrogen) atoms. The van der Waals surface area contributed by atoms with Gasteiger partial charge in [-0.05, 0) is 60.5 Å². The molecule has 1 heterocycles. The second-order valence-corrected chi connectivity index (χ2v) is 10.1. The van der Waals surface area contributed by atoms with Gasteiger partial charge in [0, 0.05) is 29.8 Å². The fourth-order valence-electron chi connectivity index (χ4n) is 5.49. The van der Waals surface area contributed by atoms with E-state index in [0.29, 0.717) is 16.9 Å². The third-order valence-corrected chi connectivity index (χ3v) is 7.49. The van der Waals surface area contributed by atoms with Crippen molar-refractivity contribution in [2.24, 2.45) is 0 Å². The Balaban J connectivity index is 1.55. The van der Waals surface area contributed by atoms with Gasteiger partial charge in [-0.15, -0.1) is 0 Å². The lowest BCUT2D eigenvalue weighted by molar-refractivity contribution is -0.137. The van der Waals surface area contributed by atoms with Crippen molar-refractivity contribution in [1.82, 2.24) is 10.2 Å². The summed E-state index contributed by atoms with van der Waals surface area (Å²) in [5, 5.41) is 23.5. The third-order valence-electron chi connectivity index (χ3n) is 7.49. The van der Waals surface area contributed by atoms with E-state index in [9.17, 15) is 37.4 Å². The maximum absolute atomic E-state index is 13.9. The number of aliphatic hydroxyl groups is 2. The fraction of sp³-hybridized carbons (Fsp3) is 0.290. The highest BCUT2D eigenvalue weighted by Crippen LogP contribution is 2.47. The standard InChI is InChI=1S/C31H28F4N2O5/c32-21-5-3-4-18(16-21)12-14-37(30(41)19-8-10-20(11-9-19)31(33,34)35)24-17-23(29(40)36-13-15-38)26-22-6-1-2-7-25(22)42-28(26)27(24)39/h1-11,16-17,24,26-28,38-39H,12-15H2,(H,36,40)/t24-,26+,27+,28+/m1/s1. The Bertz CT molecular complexity index is 1490. The Hall–Kier alpha value is -4.22. The Morgan fingerprint density at radius 2 is 1.74 bits per heavy atom. The lowest BCUT2D eigenvalue weighted by Crippen LogP contribution is -2.56. The maximum Gasteiger partial charge on any atom is 0.416 e. The summed E-state index contributed by atoms with van der Waals surface area (Å²) in [5.74, 6) is -1.90. The van der Waals surface area contributed by atoms with Crippen LogP contribution in [0.2, 0.25) is 0 Å². The largest absolute Gasteiger partial charge is 0.486 e. The second kappa shape index (κ2) is 11.9. The van der Waals surface area contributed by atoms with Crippen LogP contribution in [0.4, 0.5) is 17.6 Å². The van der Waals surface area contributed by atoms with E-state index in [1.165, 1.54) is 29.2 Å². The molecule has 3 N–H and O–H groups in total. The molecule has 11 heteroatoms. The van der Waals surface area contributed by atoms with E-state index < -0.39 is 53.5 Å². The summed E-state index contributed by atoms with van der Waals surface area (Å²) in [5.41, 5.74) is 0.450. The topological polar surface area (TPSA) is 99.1 Å². The van der Waals surface area contributed by atoms with E-state index in [1.807, 2.05) is 0 Å². The van der Waals surface area contributed by atoms with E-state index in [2.05, 4.69) is 5.32 Å². The van der Waals surface area contributed by atoms with E-state index in [0.717, 1.165) is 24.3 Å². The number of carbonyl (C=O) groups is 2. The zero-order valence-electron chi connectivity index (χ0n) is 22.2. The first-order valence-electron chi connectivity index (χ1n) is 13.4. The van der Waals surface area contributed by atoms with Crippen molar-refractivity contribution in [2.75, 3.05) is 19.7 Å². The predicted molar refractivity (Wildman–Crippen MR) is 144 cm³/mol. The quantitative estimate of drug-likeness (QED) is 0.350. The number of ether oxygens (including phenoxy) is 1. The number of amides is 2. The number of fused-ring (bicyclic) bond motifs is 3. The lowest BCUT2D eigenvalue weighted by atomic mass is 9.77. The second-order valence-electron chi connectivity index (χ2n) is 10.1. The van der Waals surface area contributed by atoms with Crippen molar-refractivity contribution in [3.63, 3.8) is 0 Å². The van der Waals surface area contributed by atoms with Crippen LogP contribution in [0.15, 0.2) is 84.4 Å². The molecular formula is C31H28F4N2O5. The van der Waals surface area contributed by atoms with E-state index >= 15 is 0 Å². The molecule has 0 fully saturated rings.